The normalized spacial score (nSPS) is 12.9. The molecule has 0 fully saturated rings. The minimum absolute atomic E-state index is 0.203. The number of ether oxygens (including phenoxy) is 2. The molecule has 2 aromatic rings. The lowest BCUT2D eigenvalue weighted by molar-refractivity contribution is 0.174. The Labute approximate surface area is 102 Å². The van der Waals surface area contributed by atoms with Crippen LogP contribution in [0, 0.1) is 0 Å². The molecular formula is C11H12N4O3. The smallest absolute Gasteiger partial charge is 0.347 e. The second-order valence-corrected chi connectivity index (χ2v) is 3.86. The van der Waals surface area contributed by atoms with Crippen LogP contribution in [0.2, 0.25) is 0 Å². The molecule has 1 aliphatic rings. The highest BCUT2D eigenvalue weighted by Crippen LogP contribution is 2.33. The maximum atomic E-state index is 11.7. The summed E-state index contributed by atoms with van der Waals surface area (Å²) in [6.45, 7) is 0.629. The Kier molecular flexibility index (Phi) is 2.52. The highest BCUT2D eigenvalue weighted by Gasteiger charge is 2.16. The van der Waals surface area contributed by atoms with Gasteiger partial charge in [-0.3, -0.25) is 0 Å². The number of fused-ring (bicyclic) bond motifs is 1. The number of H-pyrrole nitrogens is 1. The molecule has 1 aromatic heterocycles. The number of benzene rings is 1. The summed E-state index contributed by atoms with van der Waals surface area (Å²) in [5.41, 5.74) is 5.88. The standard InChI is InChI=1S/C11H12N4O3/c12-4-3-10-13-14-11(16)15(10)7-1-2-8-9(5-7)18-6-17-8/h1-2,5H,3-4,6,12H2,(H,14,16). The van der Waals surface area contributed by atoms with Crippen LogP contribution in [0.25, 0.3) is 5.69 Å². The second kappa shape index (κ2) is 4.19. The summed E-state index contributed by atoms with van der Waals surface area (Å²) in [4.78, 5) is 11.7. The summed E-state index contributed by atoms with van der Waals surface area (Å²) in [6.07, 6.45) is 0.521. The Morgan fingerprint density at radius 2 is 2.22 bits per heavy atom. The quantitative estimate of drug-likeness (QED) is 0.783. The third-order valence-corrected chi connectivity index (χ3v) is 2.72. The van der Waals surface area contributed by atoms with E-state index in [1.54, 1.807) is 18.2 Å². The van der Waals surface area contributed by atoms with E-state index in [1.165, 1.54) is 4.57 Å². The van der Waals surface area contributed by atoms with Crippen molar-refractivity contribution in [2.75, 3.05) is 13.3 Å². The highest BCUT2D eigenvalue weighted by atomic mass is 16.7. The predicted molar refractivity (Wildman–Crippen MR) is 63.1 cm³/mol. The number of hydrogen-bond donors (Lipinski definition) is 2. The number of nitrogens with two attached hydrogens (primary N) is 1. The van der Waals surface area contributed by atoms with E-state index in [1.807, 2.05) is 0 Å². The average molecular weight is 248 g/mol. The lowest BCUT2D eigenvalue weighted by atomic mass is 10.2. The van der Waals surface area contributed by atoms with Gasteiger partial charge in [0.1, 0.15) is 5.82 Å². The Bertz CT molecular complexity index is 631. The first-order chi connectivity index (χ1) is 8.79. The monoisotopic (exact) mass is 248 g/mol. The first kappa shape index (κ1) is 10.8. The minimum atomic E-state index is -0.294. The van der Waals surface area contributed by atoms with Crippen molar-refractivity contribution in [3.05, 3.63) is 34.5 Å². The molecule has 94 valence electrons. The van der Waals surface area contributed by atoms with Gasteiger partial charge in [0, 0.05) is 12.5 Å². The first-order valence-corrected chi connectivity index (χ1v) is 5.56. The Balaban J connectivity index is 2.09. The van der Waals surface area contributed by atoms with E-state index in [9.17, 15) is 4.79 Å². The molecule has 18 heavy (non-hydrogen) atoms. The van der Waals surface area contributed by atoms with Gasteiger partial charge in [-0.1, -0.05) is 0 Å². The van der Waals surface area contributed by atoms with E-state index in [0.717, 1.165) is 0 Å². The van der Waals surface area contributed by atoms with Crippen LogP contribution in [-0.2, 0) is 6.42 Å². The van der Waals surface area contributed by atoms with Crippen molar-refractivity contribution in [2.45, 2.75) is 6.42 Å². The van der Waals surface area contributed by atoms with Crippen molar-refractivity contribution in [2.24, 2.45) is 5.73 Å². The Hall–Kier alpha value is -2.28. The molecule has 3 rings (SSSR count). The van der Waals surface area contributed by atoms with Gasteiger partial charge in [-0.05, 0) is 18.7 Å². The zero-order valence-corrected chi connectivity index (χ0v) is 9.55. The minimum Gasteiger partial charge on any atom is -0.454 e. The van der Waals surface area contributed by atoms with Crippen molar-refractivity contribution in [1.29, 1.82) is 0 Å². The molecule has 2 heterocycles. The van der Waals surface area contributed by atoms with E-state index in [-0.39, 0.29) is 12.5 Å². The summed E-state index contributed by atoms with van der Waals surface area (Å²) in [6, 6.07) is 5.30. The molecule has 0 spiro atoms. The third kappa shape index (κ3) is 1.65. The van der Waals surface area contributed by atoms with Gasteiger partial charge in [-0.15, -0.1) is 0 Å². The van der Waals surface area contributed by atoms with Crippen LogP contribution in [-0.4, -0.2) is 28.1 Å². The lowest BCUT2D eigenvalue weighted by Gasteiger charge is -2.05. The molecule has 0 saturated carbocycles. The van der Waals surface area contributed by atoms with Crippen LogP contribution >= 0.6 is 0 Å². The molecule has 0 aliphatic carbocycles. The van der Waals surface area contributed by atoms with E-state index < -0.39 is 0 Å². The van der Waals surface area contributed by atoms with E-state index in [0.29, 0.717) is 36.0 Å². The van der Waals surface area contributed by atoms with E-state index in [4.69, 9.17) is 15.2 Å². The summed E-state index contributed by atoms with van der Waals surface area (Å²) in [7, 11) is 0. The molecule has 0 amide bonds. The van der Waals surface area contributed by atoms with Crippen LogP contribution in [0.1, 0.15) is 5.82 Å². The van der Waals surface area contributed by atoms with Crippen molar-refractivity contribution in [3.8, 4) is 17.2 Å². The second-order valence-electron chi connectivity index (χ2n) is 3.86. The van der Waals surface area contributed by atoms with Crippen molar-refractivity contribution in [3.63, 3.8) is 0 Å². The molecule has 0 radical (unpaired) electrons. The SMILES string of the molecule is NCCc1n[nH]c(=O)n1-c1ccc2c(c1)OCO2. The van der Waals surface area contributed by atoms with Gasteiger partial charge >= 0.3 is 5.69 Å². The lowest BCUT2D eigenvalue weighted by Crippen LogP contribution is -2.18. The fraction of sp³-hybridized carbons (Fsp3) is 0.273. The van der Waals surface area contributed by atoms with Gasteiger partial charge < -0.3 is 15.2 Å². The number of nitrogens with zero attached hydrogens (tertiary/aromatic N) is 2. The average Bonchev–Trinajstić information content (AvgIpc) is 2.96. The number of rotatable bonds is 3. The molecule has 0 saturated heterocycles. The number of hydrogen-bond acceptors (Lipinski definition) is 5. The van der Waals surface area contributed by atoms with Crippen LogP contribution in [0.5, 0.6) is 11.5 Å². The fourth-order valence-electron chi connectivity index (χ4n) is 1.92. The van der Waals surface area contributed by atoms with Crippen LogP contribution in [0.4, 0.5) is 0 Å². The van der Waals surface area contributed by atoms with Crippen LogP contribution in [0.3, 0.4) is 0 Å². The van der Waals surface area contributed by atoms with E-state index in [2.05, 4.69) is 10.2 Å². The maximum Gasteiger partial charge on any atom is 0.347 e. The molecule has 7 heteroatoms. The molecule has 3 N–H and O–H groups in total. The molecule has 1 aliphatic heterocycles. The number of aromatic amines is 1. The van der Waals surface area contributed by atoms with Crippen LogP contribution < -0.4 is 20.9 Å². The third-order valence-electron chi connectivity index (χ3n) is 2.72. The molecule has 0 atom stereocenters. The van der Waals surface area contributed by atoms with Gasteiger partial charge in [0.25, 0.3) is 0 Å². The number of aromatic nitrogens is 3. The molecule has 1 aromatic carbocycles. The largest absolute Gasteiger partial charge is 0.454 e. The molecule has 7 nitrogen and oxygen atoms in total. The summed E-state index contributed by atoms with van der Waals surface area (Å²) < 4.78 is 12.0. The van der Waals surface area contributed by atoms with E-state index >= 15 is 0 Å². The van der Waals surface area contributed by atoms with Crippen molar-refractivity contribution in [1.82, 2.24) is 14.8 Å². The van der Waals surface area contributed by atoms with Gasteiger partial charge in [0.2, 0.25) is 6.79 Å². The fourth-order valence-corrected chi connectivity index (χ4v) is 1.92. The Morgan fingerprint density at radius 1 is 1.39 bits per heavy atom. The van der Waals surface area contributed by atoms with Gasteiger partial charge in [-0.25, -0.2) is 14.5 Å². The van der Waals surface area contributed by atoms with Gasteiger partial charge in [0.15, 0.2) is 11.5 Å². The topological polar surface area (TPSA) is 95.2 Å². The summed E-state index contributed by atoms with van der Waals surface area (Å²) >= 11 is 0. The molecule has 0 bridgehead atoms. The maximum absolute atomic E-state index is 11.7. The van der Waals surface area contributed by atoms with Crippen molar-refractivity contribution >= 4 is 0 Å². The zero-order valence-electron chi connectivity index (χ0n) is 9.55. The van der Waals surface area contributed by atoms with Gasteiger partial charge in [-0.2, -0.15) is 5.10 Å². The predicted octanol–water partition coefficient (Wildman–Crippen LogP) is -0.210. The molecule has 0 unspecified atom stereocenters. The number of nitrogens with one attached hydrogen (secondary N) is 1. The van der Waals surface area contributed by atoms with Crippen LogP contribution in [0.15, 0.2) is 23.0 Å². The summed E-state index contributed by atoms with van der Waals surface area (Å²) in [5.74, 6) is 1.90. The molecular weight excluding hydrogens is 236 g/mol. The highest BCUT2D eigenvalue weighted by molar-refractivity contribution is 5.50. The van der Waals surface area contributed by atoms with Crippen molar-refractivity contribution < 1.29 is 9.47 Å². The first-order valence-electron chi connectivity index (χ1n) is 5.56. The van der Waals surface area contributed by atoms with Gasteiger partial charge in [0.05, 0.1) is 5.69 Å². The Morgan fingerprint density at radius 3 is 3.06 bits per heavy atom. The summed E-state index contributed by atoms with van der Waals surface area (Å²) in [5, 5.41) is 6.37. The zero-order chi connectivity index (χ0) is 12.5.